The molecule has 1 rings (SSSR count). The molecule has 20 heavy (non-hydrogen) atoms. The fraction of sp³-hybridized carbons (Fsp3) is 0.533. The number of nitrogens with one attached hydrogen (secondary N) is 1. The van der Waals surface area contributed by atoms with E-state index in [2.05, 4.69) is 19.2 Å². The Bertz CT molecular complexity index is 391. The lowest BCUT2D eigenvalue weighted by Gasteiger charge is -2.09. The van der Waals surface area contributed by atoms with Gasteiger partial charge in [-0.25, -0.2) is 4.79 Å². The third-order valence-electron chi connectivity index (χ3n) is 2.60. The molecule has 0 saturated carbocycles. The maximum atomic E-state index is 10.3. The summed E-state index contributed by atoms with van der Waals surface area (Å²) in [5, 5.41) is 10.7. The molecule has 0 aliphatic carbocycles. The molecule has 5 nitrogen and oxygen atoms in total. The Balaban J connectivity index is 0.000000621. The number of ether oxygens (including phenoxy) is 2. The zero-order valence-electron chi connectivity index (χ0n) is 12.7. The van der Waals surface area contributed by atoms with Gasteiger partial charge in [-0.1, -0.05) is 39.2 Å². The number of rotatable bonds is 6. The molecule has 1 amide bonds. The third kappa shape index (κ3) is 7.51. The van der Waals surface area contributed by atoms with Gasteiger partial charge >= 0.3 is 6.09 Å². The van der Waals surface area contributed by atoms with Crippen LogP contribution in [-0.2, 0) is 6.54 Å². The summed E-state index contributed by atoms with van der Waals surface area (Å²) in [6.07, 6.45) is 3.03. The number of carbonyl (C=O) groups is 1. The third-order valence-corrected chi connectivity index (χ3v) is 2.60. The second-order valence-corrected chi connectivity index (χ2v) is 4.20. The van der Waals surface area contributed by atoms with E-state index in [0.29, 0.717) is 11.5 Å². The van der Waals surface area contributed by atoms with Crippen LogP contribution in [0.15, 0.2) is 18.2 Å². The smallest absolute Gasteiger partial charge is 0.404 e. The fourth-order valence-electron chi connectivity index (χ4n) is 1.52. The summed E-state index contributed by atoms with van der Waals surface area (Å²) in [7, 11) is 3.08. The van der Waals surface area contributed by atoms with Gasteiger partial charge in [0.1, 0.15) is 0 Å². The number of benzene rings is 1. The van der Waals surface area contributed by atoms with Crippen molar-refractivity contribution in [2.24, 2.45) is 0 Å². The van der Waals surface area contributed by atoms with Crippen LogP contribution < -0.4 is 14.8 Å². The predicted molar refractivity (Wildman–Crippen MR) is 79.6 cm³/mol. The number of hydrogen-bond donors (Lipinski definition) is 2. The van der Waals surface area contributed by atoms with E-state index >= 15 is 0 Å². The lowest BCUT2D eigenvalue weighted by Crippen LogP contribution is -2.19. The quantitative estimate of drug-likeness (QED) is 0.836. The summed E-state index contributed by atoms with van der Waals surface area (Å²) in [4.78, 5) is 10.3. The molecule has 0 atom stereocenters. The lowest BCUT2D eigenvalue weighted by molar-refractivity contribution is 0.194. The summed E-state index contributed by atoms with van der Waals surface area (Å²) in [5.74, 6) is 1.21. The standard InChI is InChI=1S/C10H13NO4.C5H12/c1-14-8-4-3-7(5-9(8)15-2)6-11-10(12)13;1-3-5-4-2/h3-5,11H,6H2,1-2H3,(H,12,13);3-5H2,1-2H3. The Morgan fingerprint density at radius 2 is 1.75 bits per heavy atom. The average molecular weight is 283 g/mol. The minimum absolute atomic E-state index is 0.246. The summed E-state index contributed by atoms with van der Waals surface area (Å²) < 4.78 is 10.1. The first-order valence-corrected chi connectivity index (χ1v) is 6.76. The molecule has 0 heterocycles. The molecule has 2 N–H and O–H groups in total. The molecule has 0 aliphatic rings. The van der Waals surface area contributed by atoms with Gasteiger partial charge in [-0.05, 0) is 17.7 Å². The summed E-state index contributed by atoms with van der Waals surface area (Å²) in [5.41, 5.74) is 0.815. The Labute approximate surface area is 120 Å². The number of carboxylic acid groups (broad SMARTS) is 1. The highest BCUT2D eigenvalue weighted by Gasteiger charge is 2.04. The first-order chi connectivity index (χ1) is 9.58. The first kappa shape index (κ1) is 18.1. The van der Waals surface area contributed by atoms with Crippen molar-refractivity contribution in [3.8, 4) is 11.5 Å². The second-order valence-electron chi connectivity index (χ2n) is 4.20. The van der Waals surface area contributed by atoms with E-state index in [1.165, 1.54) is 26.4 Å². The van der Waals surface area contributed by atoms with Crippen LogP contribution in [-0.4, -0.2) is 25.4 Å². The van der Waals surface area contributed by atoms with Crippen molar-refractivity contribution >= 4 is 6.09 Å². The van der Waals surface area contributed by atoms with Crippen molar-refractivity contribution in [2.45, 2.75) is 39.7 Å². The molecule has 1 aromatic rings. The van der Waals surface area contributed by atoms with E-state index in [1.54, 1.807) is 25.3 Å². The van der Waals surface area contributed by atoms with Gasteiger partial charge in [-0.15, -0.1) is 0 Å². The van der Waals surface area contributed by atoms with Gasteiger partial charge in [0.15, 0.2) is 11.5 Å². The van der Waals surface area contributed by atoms with Crippen molar-refractivity contribution in [2.75, 3.05) is 14.2 Å². The molecular formula is C15H25NO4. The second kappa shape index (κ2) is 11.0. The largest absolute Gasteiger partial charge is 0.493 e. The molecule has 5 heteroatoms. The van der Waals surface area contributed by atoms with Crippen LogP contribution in [0.1, 0.15) is 38.7 Å². The van der Waals surface area contributed by atoms with E-state index in [9.17, 15) is 4.79 Å². The highest BCUT2D eigenvalue weighted by molar-refractivity contribution is 5.64. The molecule has 0 spiro atoms. The predicted octanol–water partition coefficient (Wildman–Crippen LogP) is 3.67. The van der Waals surface area contributed by atoms with Gasteiger partial charge in [-0.2, -0.15) is 0 Å². The zero-order chi connectivity index (χ0) is 15.4. The highest BCUT2D eigenvalue weighted by Crippen LogP contribution is 2.27. The Hall–Kier alpha value is -1.91. The van der Waals surface area contributed by atoms with E-state index in [-0.39, 0.29) is 6.54 Å². The molecule has 1 aromatic carbocycles. The average Bonchev–Trinajstić information content (AvgIpc) is 2.46. The van der Waals surface area contributed by atoms with Crippen LogP contribution in [0.5, 0.6) is 11.5 Å². The van der Waals surface area contributed by atoms with Gasteiger partial charge in [0, 0.05) is 6.54 Å². The minimum atomic E-state index is -1.05. The van der Waals surface area contributed by atoms with Crippen molar-refractivity contribution in [3.63, 3.8) is 0 Å². The van der Waals surface area contributed by atoms with Crippen molar-refractivity contribution in [1.82, 2.24) is 5.32 Å². The van der Waals surface area contributed by atoms with Crippen LogP contribution in [0.4, 0.5) is 4.79 Å². The zero-order valence-corrected chi connectivity index (χ0v) is 12.7. The summed E-state index contributed by atoms with van der Waals surface area (Å²) in [6.45, 7) is 4.67. The van der Waals surface area contributed by atoms with E-state index in [4.69, 9.17) is 14.6 Å². The molecule has 0 unspecified atom stereocenters. The number of unbranched alkanes of at least 4 members (excludes halogenated alkanes) is 2. The molecule has 114 valence electrons. The van der Waals surface area contributed by atoms with Crippen molar-refractivity contribution in [1.29, 1.82) is 0 Å². The van der Waals surface area contributed by atoms with Gasteiger partial charge in [-0.3, -0.25) is 0 Å². The minimum Gasteiger partial charge on any atom is -0.493 e. The highest BCUT2D eigenvalue weighted by atomic mass is 16.5. The SMILES string of the molecule is CCCCC.COc1ccc(CNC(=O)O)cc1OC. The normalized spacial score (nSPS) is 9.20. The van der Waals surface area contributed by atoms with Gasteiger partial charge in [0.25, 0.3) is 0 Å². The topological polar surface area (TPSA) is 67.8 Å². The van der Waals surface area contributed by atoms with Gasteiger partial charge in [0.05, 0.1) is 14.2 Å². The Morgan fingerprint density at radius 3 is 2.15 bits per heavy atom. The molecule has 0 saturated heterocycles. The van der Waals surface area contributed by atoms with Gasteiger partial charge in [0.2, 0.25) is 0 Å². The fourth-order valence-corrected chi connectivity index (χ4v) is 1.52. The molecular weight excluding hydrogens is 258 g/mol. The van der Waals surface area contributed by atoms with E-state index in [0.717, 1.165) is 5.56 Å². The molecule has 0 radical (unpaired) electrons. The van der Waals surface area contributed by atoms with Crippen molar-refractivity contribution < 1.29 is 19.4 Å². The lowest BCUT2D eigenvalue weighted by atomic mass is 10.2. The maximum Gasteiger partial charge on any atom is 0.404 e. The first-order valence-electron chi connectivity index (χ1n) is 6.76. The Kier molecular flexibility index (Phi) is 9.92. The van der Waals surface area contributed by atoms with E-state index in [1.807, 2.05) is 0 Å². The van der Waals surface area contributed by atoms with Crippen molar-refractivity contribution in [3.05, 3.63) is 23.8 Å². The molecule has 0 fully saturated rings. The van der Waals surface area contributed by atoms with Gasteiger partial charge < -0.3 is 19.9 Å². The van der Waals surface area contributed by atoms with Crippen LogP contribution in [0.25, 0.3) is 0 Å². The number of hydrogen-bond acceptors (Lipinski definition) is 3. The summed E-state index contributed by atoms with van der Waals surface area (Å²) in [6, 6.07) is 5.24. The monoisotopic (exact) mass is 283 g/mol. The molecule has 0 aliphatic heterocycles. The molecule has 0 aromatic heterocycles. The number of amides is 1. The molecule has 0 bridgehead atoms. The number of methoxy groups -OCH3 is 2. The summed E-state index contributed by atoms with van der Waals surface area (Å²) >= 11 is 0. The Morgan fingerprint density at radius 1 is 1.15 bits per heavy atom. The van der Waals surface area contributed by atoms with Crippen LogP contribution in [0.3, 0.4) is 0 Å². The van der Waals surface area contributed by atoms with Crippen LogP contribution in [0.2, 0.25) is 0 Å². The van der Waals surface area contributed by atoms with Crippen LogP contribution in [0, 0.1) is 0 Å². The maximum absolute atomic E-state index is 10.3. The van der Waals surface area contributed by atoms with E-state index < -0.39 is 6.09 Å². The van der Waals surface area contributed by atoms with Crippen LogP contribution >= 0.6 is 0 Å².